The minimum absolute atomic E-state index is 0.0789. The average molecular weight is 408 g/mol. The third-order valence-electron chi connectivity index (χ3n) is 4.69. The van der Waals surface area contributed by atoms with Crippen LogP contribution in [0.15, 0.2) is 30.4 Å². The van der Waals surface area contributed by atoms with Crippen LogP contribution in [0.2, 0.25) is 5.02 Å². The van der Waals surface area contributed by atoms with Gasteiger partial charge in [-0.1, -0.05) is 44.0 Å². The molecule has 1 heterocycles. The number of rotatable bonds is 10. The van der Waals surface area contributed by atoms with E-state index in [1.807, 2.05) is 32.3 Å². The van der Waals surface area contributed by atoms with E-state index in [4.69, 9.17) is 11.6 Å². The molecule has 0 aliphatic heterocycles. The summed E-state index contributed by atoms with van der Waals surface area (Å²) in [5.74, 6) is 0.493. The summed E-state index contributed by atoms with van der Waals surface area (Å²) in [6, 6.07) is 5.82. The molecule has 4 nitrogen and oxygen atoms in total. The van der Waals surface area contributed by atoms with Gasteiger partial charge in [-0.05, 0) is 44.6 Å². The number of carbonyl (C=O) groups is 1. The van der Waals surface area contributed by atoms with Gasteiger partial charge in [-0.3, -0.25) is 4.79 Å². The molecule has 0 fully saturated rings. The molecular formula is C21H30ClN3OS. The third kappa shape index (κ3) is 6.91. The minimum Gasteiger partial charge on any atom is -0.353 e. The summed E-state index contributed by atoms with van der Waals surface area (Å²) in [6.07, 6.45) is 2.94. The number of hydrogen-bond acceptors (Lipinski definition) is 4. The predicted molar refractivity (Wildman–Crippen MR) is 117 cm³/mol. The highest BCUT2D eigenvalue weighted by molar-refractivity contribution is 7.18. The third-order valence-corrected chi connectivity index (χ3v) is 6.00. The number of amides is 1. The molecule has 148 valence electrons. The van der Waals surface area contributed by atoms with Crippen LogP contribution in [0.1, 0.15) is 38.1 Å². The molecular weight excluding hydrogens is 378 g/mol. The van der Waals surface area contributed by atoms with E-state index in [2.05, 4.69) is 35.6 Å². The molecule has 0 aliphatic carbocycles. The fourth-order valence-corrected chi connectivity index (χ4v) is 4.30. The first-order valence-corrected chi connectivity index (χ1v) is 10.6. The second-order valence-corrected chi connectivity index (χ2v) is 9.02. The Labute approximate surface area is 171 Å². The second-order valence-electron chi connectivity index (χ2n) is 7.47. The van der Waals surface area contributed by atoms with Crippen molar-refractivity contribution >= 4 is 39.1 Å². The molecule has 6 heteroatoms. The molecule has 1 amide bonds. The molecule has 1 aromatic heterocycles. The van der Waals surface area contributed by atoms with Crippen molar-refractivity contribution in [2.45, 2.75) is 45.6 Å². The highest BCUT2D eigenvalue weighted by Crippen LogP contribution is 2.26. The van der Waals surface area contributed by atoms with Gasteiger partial charge < -0.3 is 10.2 Å². The summed E-state index contributed by atoms with van der Waals surface area (Å²) in [6.45, 7) is 9.36. The van der Waals surface area contributed by atoms with Crippen molar-refractivity contribution in [3.05, 3.63) is 40.4 Å². The smallest absolute Gasteiger partial charge is 0.220 e. The molecule has 0 aliphatic rings. The average Bonchev–Trinajstić information content (AvgIpc) is 3.00. The lowest BCUT2D eigenvalue weighted by molar-refractivity contribution is -0.122. The van der Waals surface area contributed by atoms with Crippen molar-refractivity contribution in [3.63, 3.8) is 0 Å². The Bertz CT molecular complexity index is 787. The Balaban J connectivity index is 1.92. The lowest BCUT2D eigenvalue weighted by atomic mass is 9.93. The molecule has 2 rings (SSSR count). The number of carbonyl (C=O) groups excluding carboxylic acids is 1. The van der Waals surface area contributed by atoms with Gasteiger partial charge in [0.2, 0.25) is 5.91 Å². The molecule has 0 saturated carbocycles. The van der Waals surface area contributed by atoms with E-state index in [1.54, 1.807) is 11.3 Å². The first-order chi connectivity index (χ1) is 12.8. The van der Waals surface area contributed by atoms with Crippen LogP contribution in [0.4, 0.5) is 0 Å². The van der Waals surface area contributed by atoms with Crippen molar-refractivity contribution < 1.29 is 4.79 Å². The van der Waals surface area contributed by atoms with E-state index in [0.29, 0.717) is 23.8 Å². The zero-order valence-corrected chi connectivity index (χ0v) is 18.3. The van der Waals surface area contributed by atoms with E-state index < -0.39 is 0 Å². The van der Waals surface area contributed by atoms with Crippen LogP contribution in [0.3, 0.4) is 0 Å². The van der Waals surface area contributed by atoms with Gasteiger partial charge in [-0.25, -0.2) is 4.98 Å². The van der Waals surface area contributed by atoms with Crippen molar-refractivity contribution in [2.24, 2.45) is 5.92 Å². The standard InChI is InChI=1S/C21H30ClN3OS/c1-6-15(3)18(11-14(2)13-25(4)5)23-20(26)9-10-21-24-17-8-7-16(22)12-19(17)27-21/h7-8,12,15,18H,2,6,9-11,13H2,1,3-5H3,(H,23,26). The molecule has 0 saturated heterocycles. The molecule has 27 heavy (non-hydrogen) atoms. The molecule has 0 radical (unpaired) electrons. The zero-order valence-electron chi connectivity index (χ0n) is 16.7. The Morgan fingerprint density at radius 3 is 2.81 bits per heavy atom. The first kappa shape index (κ1) is 21.9. The Kier molecular flexibility index (Phi) is 8.27. The summed E-state index contributed by atoms with van der Waals surface area (Å²) in [4.78, 5) is 19.2. The van der Waals surface area contributed by atoms with Gasteiger partial charge in [0.25, 0.3) is 0 Å². The molecule has 0 bridgehead atoms. The SMILES string of the molecule is C=C(CC(NC(=O)CCc1nc2ccc(Cl)cc2s1)C(C)CC)CN(C)C. The van der Waals surface area contributed by atoms with Crippen LogP contribution < -0.4 is 5.32 Å². The number of likely N-dealkylation sites (N-methyl/N-ethyl adjacent to an activating group) is 1. The van der Waals surface area contributed by atoms with Crippen molar-refractivity contribution in [3.8, 4) is 0 Å². The summed E-state index contributed by atoms with van der Waals surface area (Å²) in [5.41, 5.74) is 2.09. The van der Waals surface area contributed by atoms with Gasteiger partial charge in [-0.2, -0.15) is 0 Å². The number of halogens is 1. The van der Waals surface area contributed by atoms with Crippen molar-refractivity contribution in [2.75, 3.05) is 20.6 Å². The quantitative estimate of drug-likeness (QED) is 0.568. The van der Waals surface area contributed by atoms with Crippen LogP contribution in [0.25, 0.3) is 10.2 Å². The summed E-state index contributed by atoms with van der Waals surface area (Å²) >= 11 is 7.64. The lowest BCUT2D eigenvalue weighted by Gasteiger charge is -2.26. The highest BCUT2D eigenvalue weighted by atomic mass is 35.5. The van der Waals surface area contributed by atoms with Gasteiger partial charge in [-0.15, -0.1) is 11.3 Å². The fourth-order valence-electron chi connectivity index (χ4n) is 3.05. The van der Waals surface area contributed by atoms with Crippen LogP contribution in [-0.2, 0) is 11.2 Å². The molecule has 1 N–H and O–H groups in total. The Morgan fingerprint density at radius 1 is 1.41 bits per heavy atom. The number of nitrogens with zero attached hydrogens (tertiary/aromatic N) is 2. The maximum Gasteiger partial charge on any atom is 0.220 e. The van der Waals surface area contributed by atoms with Crippen LogP contribution in [-0.4, -0.2) is 42.5 Å². The predicted octanol–water partition coefficient (Wildman–Crippen LogP) is 4.92. The number of aryl methyl sites for hydroxylation is 1. The van der Waals surface area contributed by atoms with E-state index in [1.165, 1.54) is 0 Å². The van der Waals surface area contributed by atoms with Crippen LogP contribution >= 0.6 is 22.9 Å². The van der Waals surface area contributed by atoms with E-state index >= 15 is 0 Å². The van der Waals surface area contributed by atoms with Gasteiger partial charge in [0.05, 0.1) is 15.2 Å². The molecule has 1 aromatic carbocycles. The monoisotopic (exact) mass is 407 g/mol. The second kappa shape index (κ2) is 10.2. The molecule has 2 aromatic rings. The summed E-state index contributed by atoms with van der Waals surface area (Å²) in [7, 11) is 4.07. The largest absolute Gasteiger partial charge is 0.353 e. The van der Waals surface area contributed by atoms with Gasteiger partial charge in [0.15, 0.2) is 0 Å². The number of nitrogens with one attached hydrogen (secondary N) is 1. The van der Waals surface area contributed by atoms with Crippen molar-refractivity contribution in [1.82, 2.24) is 15.2 Å². The fraction of sp³-hybridized carbons (Fsp3) is 0.524. The van der Waals surface area contributed by atoms with Gasteiger partial charge in [0, 0.05) is 30.5 Å². The molecule has 2 atom stereocenters. The maximum atomic E-state index is 12.5. The zero-order chi connectivity index (χ0) is 20.0. The normalized spacial score (nSPS) is 13.7. The molecule has 0 spiro atoms. The number of hydrogen-bond donors (Lipinski definition) is 1. The van der Waals surface area contributed by atoms with Gasteiger partial charge >= 0.3 is 0 Å². The molecule has 2 unspecified atom stereocenters. The number of thiazole rings is 1. The van der Waals surface area contributed by atoms with E-state index in [-0.39, 0.29) is 11.9 Å². The highest BCUT2D eigenvalue weighted by Gasteiger charge is 2.19. The minimum atomic E-state index is 0.0789. The number of benzene rings is 1. The first-order valence-electron chi connectivity index (χ1n) is 9.44. The maximum absolute atomic E-state index is 12.5. The van der Waals surface area contributed by atoms with Crippen LogP contribution in [0, 0.1) is 5.92 Å². The summed E-state index contributed by atoms with van der Waals surface area (Å²) in [5, 5.41) is 4.91. The van der Waals surface area contributed by atoms with E-state index in [0.717, 1.165) is 40.2 Å². The number of fused-ring (bicyclic) bond motifs is 1. The topological polar surface area (TPSA) is 45.2 Å². The Morgan fingerprint density at radius 2 is 2.15 bits per heavy atom. The summed E-state index contributed by atoms with van der Waals surface area (Å²) < 4.78 is 1.07. The van der Waals surface area contributed by atoms with E-state index in [9.17, 15) is 4.79 Å². The Hall–Kier alpha value is -1.43. The number of aromatic nitrogens is 1. The van der Waals surface area contributed by atoms with Crippen molar-refractivity contribution in [1.29, 1.82) is 0 Å². The lowest BCUT2D eigenvalue weighted by Crippen LogP contribution is -2.40. The van der Waals surface area contributed by atoms with Gasteiger partial charge in [0.1, 0.15) is 0 Å². The van der Waals surface area contributed by atoms with Crippen LogP contribution in [0.5, 0.6) is 0 Å².